The Morgan fingerprint density at radius 1 is 1.07 bits per heavy atom. The van der Waals surface area contributed by atoms with Crippen LogP contribution in [0, 0.1) is 0 Å². The maximum Gasteiger partial charge on any atom is 0.262 e. The molecule has 0 unspecified atom stereocenters. The minimum Gasteiger partial charge on any atom is -0.484 e. The first-order chi connectivity index (χ1) is 14.1. The molecule has 5 nitrogen and oxygen atoms in total. The average molecular weight is 451 g/mol. The second-order valence-corrected chi connectivity index (χ2v) is 7.46. The summed E-state index contributed by atoms with van der Waals surface area (Å²) in [7, 11) is 0. The first kappa shape index (κ1) is 19.2. The van der Waals surface area contributed by atoms with Crippen LogP contribution < -0.4 is 10.1 Å². The normalized spacial score (nSPS) is 10.8. The standard InChI is InChI=1S/C23H19BrN2O3/c1-2-15-3-10-19(11-4-15)28-14-22(27)25-18-9-12-21-20(13-18)26-23(29-21)16-5-7-17(24)8-6-16/h3-13H,2,14H2,1H3,(H,25,27). The third-order valence-corrected chi connectivity index (χ3v) is 4.99. The van der Waals surface area contributed by atoms with Gasteiger partial charge in [0.25, 0.3) is 5.91 Å². The van der Waals surface area contributed by atoms with E-state index in [-0.39, 0.29) is 12.5 Å². The molecule has 0 saturated heterocycles. The number of oxazole rings is 1. The van der Waals surface area contributed by atoms with Crippen molar-refractivity contribution in [2.24, 2.45) is 0 Å². The molecule has 0 aliphatic rings. The summed E-state index contributed by atoms with van der Waals surface area (Å²) >= 11 is 3.42. The smallest absolute Gasteiger partial charge is 0.262 e. The molecule has 3 aromatic carbocycles. The number of hydrogen-bond acceptors (Lipinski definition) is 4. The number of aromatic nitrogens is 1. The Balaban J connectivity index is 1.42. The lowest BCUT2D eigenvalue weighted by Gasteiger charge is -2.08. The van der Waals surface area contributed by atoms with Gasteiger partial charge >= 0.3 is 0 Å². The fourth-order valence-corrected chi connectivity index (χ4v) is 3.15. The van der Waals surface area contributed by atoms with Gasteiger partial charge in [-0.1, -0.05) is 35.0 Å². The lowest BCUT2D eigenvalue weighted by atomic mass is 10.2. The molecular weight excluding hydrogens is 432 g/mol. The Bertz CT molecular complexity index is 1140. The van der Waals surface area contributed by atoms with Crippen LogP contribution in [0.2, 0.25) is 0 Å². The van der Waals surface area contributed by atoms with Crippen LogP contribution in [0.4, 0.5) is 5.69 Å². The number of nitrogens with one attached hydrogen (secondary N) is 1. The van der Waals surface area contributed by atoms with Gasteiger partial charge in [-0.3, -0.25) is 4.79 Å². The molecule has 0 spiro atoms. The third-order valence-electron chi connectivity index (χ3n) is 4.46. The zero-order valence-electron chi connectivity index (χ0n) is 15.8. The van der Waals surface area contributed by atoms with Gasteiger partial charge in [0.1, 0.15) is 11.3 Å². The molecule has 0 aliphatic carbocycles. The van der Waals surface area contributed by atoms with Crippen LogP contribution in [-0.4, -0.2) is 17.5 Å². The molecule has 0 saturated carbocycles. The van der Waals surface area contributed by atoms with Crippen molar-refractivity contribution in [3.05, 3.63) is 76.8 Å². The van der Waals surface area contributed by atoms with Crippen LogP contribution in [0.1, 0.15) is 12.5 Å². The number of hydrogen-bond donors (Lipinski definition) is 1. The molecule has 1 N–H and O–H groups in total. The quantitative estimate of drug-likeness (QED) is 0.400. The highest BCUT2D eigenvalue weighted by Gasteiger charge is 2.10. The van der Waals surface area contributed by atoms with Crippen LogP contribution in [0.25, 0.3) is 22.6 Å². The number of rotatable bonds is 6. The van der Waals surface area contributed by atoms with Crippen molar-refractivity contribution in [1.82, 2.24) is 4.98 Å². The summed E-state index contributed by atoms with van der Waals surface area (Å²) in [5.41, 5.74) is 4.09. The van der Waals surface area contributed by atoms with Crippen LogP contribution in [-0.2, 0) is 11.2 Å². The molecule has 0 radical (unpaired) electrons. The molecule has 0 bridgehead atoms. The Morgan fingerprint density at radius 2 is 1.83 bits per heavy atom. The van der Waals surface area contributed by atoms with E-state index in [2.05, 4.69) is 33.2 Å². The zero-order valence-corrected chi connectivity index (χ0v) is 17.4. The number of nitrogens with zero attached hydrogens (tertiary/aromatic N) is 1. The monoisotopic (exact) mass is 450 g/mol. The Morgan fingerprint density at radius 3 is 2.55 bits per heavy atom. The van der Waals surface area contributed by atoms with E-state index < -0.39 is 0 Å². The number of fused-ring (bicyclic) bond motifs is 1. The van der Waals surface area contributed by atoms with E-state index in [1.807, 2.05) is 48.5 Å². The number of benzene rings is 3. The predicted molar refractivity (Wildman–Crippen MR) is 117 cm³/mol. The number of aryl methyl sites for hydroxylation is 1. The first-order valence-electron chi connectivity index (χ1n) is 9.29. The number of ether oxygens (including phenoxy) is 1. The number of carbonyl (C=O) groups is 1. The second kappa shape index (κ2) is 8.49. The largest absolute Gasteiger partial charge is 0.484 e. The summed E-state index contributed by atoms with van der Waals surface area (Å²) in [5.74, 6) is 0.971. The van der Waals surface area contributed by atoms with Gasteiger partial charge in [0.2, 0.25) is 5.89 Å². The van der Waals surface area contributed by atoms with Gasteiger partial charge in [0.05, 0.1) is 0 Å². The molecule has 1 heterocycles. The summed E-state index contributed by atoms with van der Waals surface area (Å²) in [6.45, 7) is 2.03. The molecule has 0 fully saturated rings. The number of carbonyl (C=O) groups excluding carboxylic acids is 1. The fraction of sp³-hybridized carbons (Fsp3) is 0.130. The van der Waals surface area contributed by atoms with Crippen LogP contribution >= 0.6 is 15.9 Å². The third kappa shape index (κ3) is 4.66. The van der Waals surface area contributed by atoms with Crippen molar-refractivity contribution in [3.8, 4) is 17.2 Å². The molecule has 0 aliphatic heterocycles. The van der Waals surface area contributed by atoms with E-state index in [1.54, 1.807) is 18.2 Å². The highest BCUT2D eigenvalue weighted by molar-refractivity contribution is 9.10. The van der Waals surface area contributed by atoms with Crippen molar-refractivity contribution >= 4 is 38.6 Å². The minimum absolute atomic E-state index is 0.0630. The van der Waals surface area contributed by atoms with Gasteiger partial charge in [-0.15, -0.1) is 0 Å². The van der Waals surface area contributed by atoms with E-state index in [0.717, 1.165) is 16.5 Å². The lowest BCUT2D eigenvalue weighted by molar-refractivity contribution is -0.118. The van der Waals surface area contributed by atoms with Gasteiger partial charge in [-0.2, -0.15) is 0 Å². The number of anilines is 1. The molecule has 1 aromatic heterocycles. The van der Waals surface area contributed by atoms with Crippen molar-refractivity contribution in [2.45, 2.75) is 13.3 Å². The molecule has 146 valence electrons. The average Bonchev–Trinajstić information content (AvgIpc) is 3.16. The van der Waals surface area contributed by atoms with Gasteiger partial charge in [-0.05, 0) is 66.6 Å². The maximum absolute atomic E-state index is 12.2. The van der Waals surface area contributed by atoms with Crippen molar-refractivity contribution in [1.29, 1.82) is 0 Å². The van der Waals surface area contributed by atoms with Crippen LogP contribution in [0.5, 0.6) is 5.75 Å². The molecule has 4 rings (SSSR count). The Kier molecular flexibility index (Phi) is 5.62. The maximum atomic E-state index is 12.2. The van der Waals surface area contributed by atoms with Crippen molar-refractivity contribution < 1.29 is 13.9 Å². The van der Waals surface area contributed by atoms with E-state index >= 15 is 0 Å². The van der Waals surface area contributed by atoms with Crippen LogP contribution in [0.3, 0.4) is 0 Å². The van der Waals surface area contributed by atoms with Crippen molar-refractivity contribution in [2.75, 3.05) is 11.9 Å². The summed E-state index contributed by atoms with van der Waals surface area (Å²) in [5, 5.41) is 2.83. The Labute approximate surface area is 176 Å². The lowest BCUT2D eigenvalue weighted by Crippen LogP contribution is -2.20. The summed E-state index contributed by atoms with van der Waals surface area (Å²) in [4.78, 5) is 16.7. The summed E-state index contributed by atoms with van der Waals surface area (Å²) in [6.07, 6.45) is 0.967. The predicted octanol–water partition coefficient (Wildman–Crippen LogP) is 5.84. The van der Waals surface area contributed by atoms with Gasteiger partial charge in [0.15, 0.2) is 12.2 Å². The summed E-state index contributed by atoms with van der Waals surface area (Å²) < 4.78 is 12.4. The zero-order chi connectivity index (χ0) is 20.2. The molecule has 4 aromatic rings. The van der Waals surface area contributed by atoms with E-state index in [1.165, 1.54) is 5.56 Å². The SMILES string of the molecule is CCc1ccc(OCC(=O)Nc2ccc3oc(-c4ccc(Br)cc4)nc3c2)cc1. The number of halogens is 1. The van der Waals surface area contributed by atoms with E-state index in [9.17, 15) is 4.79 Å². The topological polar surface area (TPSA) is 64.4 Å². The fourth-order valence-electron chi connectivity index (χ4n) is 2.89. The molecule has 29 heavy (non-hydrogen) atoms. The highest BCUT2D eigenvalue weighted by Crippen LogP contribution is 2.27. The molecule has 0 atom stereocenters. The van der Waals surface area contributed by atoms with Gasteiger partial charge in [0, 0.05) is 15.7 Å². The minimum atomic E-state index is -0.236. The van der Waals surface area contributed by atoms with Crippen molar-refractivity contribution in [3.63, 3.8) is 0 Å². The van der Waals surface area contributed by atoms with Crippen LogP contribution in [0.15, 0.2) is 75.6 Å². The highest BCUT2D eigenvalue weighted by atomic mass is 79.9. The number of amides is 1. The first-order valence-corrected chi connectivity index (χ1v) is 10.1. The molecule has 6 heteroatoms. The molecule has 1 amide bonds. The second-order valence-electron chi connectivity index (χ2n) is 6.54. The Hall–Kier alpha value is -3.12. The molecular formula is C23H19BrN2O3. The van der Waals surface area contributed by atoms with E-state index in [4.69, 9.17) is 9.15 Å². The summed E-state index contributed by atoms with van der Waals surface area (Å²) in [6, 6.07) is 20.8. The van der Waals surface area contributed by atoms with Gasteiger partial charge in [-0.25, -0.2) is 4.98 Å². The van der Waals surface area contributed by atoms with Gasteiger partial charge < -0.3 is 14.5 Å². The van der Waals surface area contributed by atoms with E-state index in [0.29, 0.717) is 28.4 Å².